The second-order valence-corrected chi connectivity index (χ2v) is 7.63. The Morgan fingerprint density at radius 1 is 1.13 bits per heavy atom. The molecule has 0 N–H and O–H groups in total. The van der Waals surface area contributed by atoms with Gasteiger partial charge in [0, 0.05) is 16.6 Å². The van der Waals surface area contributed by atoms with Crippen molar-refractivity contribution < 1.29 is 14.4 Å². The third kappa shape index (κ3) is 5.50. The Bertz CT molecular complexity index is 1160. The fourth-order valence-electron chi connectivity index (χ4n) is 2.88. The summed E-state index contributed by atoms with van der Waals surface area (Å²) < 4.78 is 12.1. The maximum atomic E-state index is 10.8. The van der Waals surface area contributed by atoms with Crippen LogP contribution in [-0.2, 0) is 6.61 Å². The Labute approximate surface area is 188 Å². The number of aryl methyl sites for hydroxylation is 1. The lowest BCUT2D eigenvalue weighted by Gasteiger charge is -2.13. The molecule has 0 heterocycles. The van der Waals surface area contributed by atoms with Gasteiger partial charge in [0.2, 0.25) is 0 Å². The molecule has 0 saturated heterocycles. The van der Waals surface area contributed by atoms with Crippen molar-refractivity contribution in [1.82, 2.24) is 0 Å². The second kappa shape index (κ2) is 9.92. The summed E-state index contributed by atoms with van der Waals surface area (Å²) in [4.78, 5) is 10.4. The minimum absolute atomic E-state index is 0.0287. The number of benzene rings is 3. The lowest BCUT2D eigenvalue weighted by atomic mass is 10.0. The van der Waals surface area contributed by atoms with Crippen LogP contribution in [0.5, 0.6) is 11.5 Å². The number of non-ortho nitro benzene ring substituents is 1. The van der Waals surface area contributed by atoms with E-state index in [1.54, 1.807) is 37.5 Å². The molecule has 0 amide bonds. The summed E-state index contributed by atoms with van der Waals surface area (Å²) >= 11 is 3.53. The largest absolute Gasteiger partial charge is 0.493 e. The molecule has 156 valence electrons. The number of nitrogens with zero attached hydrogens (tertiary/aromatic N) is 2. The van der Waals surface area contributed by atoms with Crippen LogP contribution in [0.3, 0.4) is 0 Å². The number of nitro groups is 1. The average Bonchev–Trinajstić information content (AvgIpc) is 2.78. The van der Waals surface area contributed by atoms with Gasteiger partial charge in [-0.05, 0) is 54.0 Å². The molecule has 3 aromatic rings. The second-order valence-electron chi connectivity index (χ2n) is 6.77. The number of nitriles is 1. The van der Waals surface area contributed by atoms with E-state index in [2.05, 4.69) is 22.0 Å². The van der Waals surface area contributed by atoms with E-state index in [1.807, 2.05) is 31.2 Å². The third-order valence-electron chi connectivity index (χ3n) is 4.61. The van der Waals surface area contributed by atoms with Crippen molar-refractivity contribution in [3.05, 3.63) is 97.5 Å². The minimum atomic E-state index is -0.476. The molecule has 31 heavy (non-hydrogen) atoms. The van der Waals surface area contributed by atoms with Crippen molar-refractivity contribution >= 4 is 33.3 Å². The molecule has 0 aliphatic rings. The lowest BCUT2D eigenvalue weighted by Crippen LogP contribution is -1.98. The zero-order valence-electron chi connectivity index (χ0n) is 17.0. The topological polar surface area (TPSA) is 85.4 Å². The van der Waals surface area contributed by atoms with Gasteiger partial charge in [-0.25, -0.2) is 0 Å². The molecule has 0 bridgehead atoms. The van der Waals surface area contributed by atoms with Crippen LogP contribution >= 0.6 is 15.9 Å². The molecule has 0 radical (unpaired) electrons. The van der Waals surface area contributed by atoms with E-state index in [1.165, 1.54) is 17.7 Å². The average molecular weight is 479 g/mol. The van der Waals surface area contributed by atoms with Crippen molar-refractivity contribution in [3.8, 4) is 17.6 Å². The molecule has 0 saturated carbocycles. The van der Waals surface area contributed by atoms with Gasteiger partial charge in [-0.15, -0.1) is 0 Å². The van der Waals surface area contributed by atoms with Crippen LogP contribution in [0.25, 0.3) is 11.6 Å². The normalized spacial score (nSPS) is 11.0. The number of rotatable bonds is 7. The summed E-state index contributed by atoms with van der Waals surface area (Å²) in [6, 6.07) is 19.6. The van der Waals surface area contributed by atoms with Crippen LogP contribution < -0.4 is 9.47 Å². The monoisotopic (exact) mass is 478 g/mol. The number of nitro benzene ring substituents is 1. The minimum Gasteiger partial charge on any atom is -0.493 e. The Morgan fingerprint density at radius 3 is 2.39 bits per heavy atom. The number of methoxy groups -OCH3 is 1. The first-order valence-corrected chi connectivity index (χ1v) is 10.1. The highest BCUT2D eigenvalue weighted by molar-refractivity contribution is 9.10. The van der Waals surface area contributed by atoms with Gasteiger partial charge in [-0.3, -0.25) is 10.1 Å². The molecule has 0 aromatic heterocycles. The van der Waals surface area contributed by atoms with Crippen LogP contribution in [0.2, 0.25) is 0 Å². The van der Waals surface area contributed by atoms with Gasteiger partial charge >= 0.3 is 0 Å². The van der Waals surface area contributed by atoms with E-state index in [0.29, 0.717) is 29.2 Å². The molecule has 0 fully saturated rings. The molecule has 0 aliphatic carbocycles. The van der Waals surface area contributed by atoms with Crippen molar-refractivity contribution in [3.63, 3.8) is 0 Å². The van der Waals surface area contributed by atoms with E-state index < -0.39 is 4.92 Å². The first kappa shape index (κ1) is 22.1. The van der Waals surface area contributed by atoms with Crippen LogP contribution in [-0.4, -0.2) is 12.0 Å². The molecule has 3 rings (SSSR count). The van der Waals surface area contributed by atoms with E-state index >= 15 is 0 Å². The van der Waals surface area contributed by atoms with Gasteiger partial charge in [0.15, 0.2) is 11.5 Å². The SMILES string of the molecule is COc1cc(/C=C(/C#N)c2ccc([N+](=O)[O-])cc2)c(Br)cc1OCc1ccc(C)cc1. The first-order chi connectivity index (χ1) is 14.9. The number of hydrogen-bond donors (Lipinski definition) is 0. The predicted molar refractivity (Wildman–Crippen MR) is 123 cm³/mol. The fraction of sp³-hybridized carbons (Fsp3) is 0.125. The molecule has 0 unspecified atom stereocenters. The van der Waals surface area contributed by atoms with Gasteiger partial charge in [0.05, 0.1) is 23.7 Å². The van der Waals surface area contributed by atoms with Crippen molar-refractivity contribution in [1.29, 1.82) is 5.26 Å². The number of allylic oxidation sites excluding steroid dienone is 1. The molecule has 6 nitrogen and oxygen atoms in total. The lowest BCUT2D eigenvalue weighted by molar-refractivity contribution is -0.384. The Kier molecular flexibility index (Phi) is 7.06. The summed E-state index contributed by atoms with van der Waals surface area (Å²) in [5.74, 6) is 1.10. The van der Waals surface area contributed by atoms with Crippen LogP contribution in [0.15, 0.2) is 65.1 Å². The molecule has 0 atom stereocenters. The van der Waals surface area contributed by atoms with Crippen LogP contribution in [0.1, 0.15) is 22.3 Å². The van der Waals surface area contributed by atoms with Gasteiger partial charge in [0.1, 0.15) is 6.61 Å². The van der Waals surface area contributed by atoms with Gasteiger partial charge in [-0.1, -0.05) is 45.8 Å². The van der Waals surface area contributed by atoms with Crippen molar-refractivity contribution in [2.24, 2.45) is 0 Å². The Morgan fingerprint density at radius 2 is 1.81 bits per heavy atom. The van der Waals surface area contributed by atoms with E-state index in [9.17, 15) is 15.4 Å². The summed E-state index contributed by atoms with van der Waals surface area (Å²) in [5, 5.41) is 20.4. The van der Waals surface area contributed by atoms with Crippen LogP contribution in [0.4, 0.5) is 5.69 Å². The number of hydrogen-bond acceptors (Lipinski definition) is 5. The first-order valence-electron chi connectivity index (χ1n) is 9.33. The number of ether oxygens (including phenoxy) is 2. The van der Waals surface area contributed by atoms with Gasteiger partial charge in [-0.2, -0.15) is 5.26 Å². The zero-order valence-corrected chi connectivity index (χ0v) is 18.5. The third-order valence-corrected chi connectivity index (χ3v) is 5.29. The highest BCUT2D eigenvalue weighted by atomic mass is 79.9. The highest BCUT2D eigenvalue weighted by Gasteiger charge is 2.12. The summed E-state index contributed by atoms with van der Waals surface area (Å²) in [6.45, 7) is 2.42. The van der Waals surface area contributed by atoms with E-state index in [0.717, 1.165) is 15.6 Å². The fourth-order valence-corrected chi connectivity index (χ4v) is 3.31. The Hall–Kier alpha value is -3.63. The van der Waals surface area contributed by atoms with Crippen molar-refractivity contribution in [2.75, 3.05) is 7.11 Å². The summed E-state index contributed by atoms with van der Waals surface area (Å²) in [5.41, 5.74) is 3.86. The molecule has 3 aromatic carbocycles. The maximum Gasteiger partial charge on any atom is 0.269 e. The molecule has 0 spiro atoms. The molecule has 0 aliphatic heterocycles. The molecule has 7 heteroatoms. The quantitative estimate of drug-likeness (QED) is 0.171. The Balaban J connectivity index is 1.87. The molecular weight excluding hydrogens is 460 g/mol. The van der Waals surface area contributed by atoms with Gasteiger partial charge in [0.25, 0.3) is 5.69 Å². The van der Waals surface area contributed by atoms with Gasteiger partial charge < -0.3 is 9.47 Å². The van der Waals surface area contributed by atoms with E-state index in [4.69, 9.17) is 9.47 Å². The molecular formula is C24H19BrN2O4. The van der Waals surface area contributed by atoms with Crippen molar-refractivity contribution in [2.45, 2.75) is 13.5 Å². The maximum absolute atomic E-state index is 10.8. The summed E-state index contributed by atoms with van der Waals surface area (Å²) in [6.07, 6.45) is 1.69. The smallest absolute Gasteiger partial charge is 0.269 e. The highest BCUT2D eigenvalue weighted by Crippen LogP contribution is 2.36. The predicted octanol–water partition coefficient (Wildman–Crippen LogP) is 6.32. The zero-order chi connectivity index (χ0) is 22.4. The van der Waals surface area contributed by atoms with Crippen LogP contribution in [0, 0.1) is 28.4 Å². The van der Waals surface area contributed by atoms with E-state index in [-0.39, 0.29) is 5.69 Å². The standard InChI is InChI=1S/C24H19BrN2O4/c1-16-3-5-17(6-4-16)15-31-24-13-22(25)19(12-23(24)30-2)11-20(14-26)18-7-9-21(10-8-18)27(28)29/h3-13H,15H2,1-2H3/b20-11-. The summed E-state index contributed by atoms with van der Waals surface area (Å²) in [7, 11) is 1.55. The number of halogens is 1.